The Morgan fingerprint density at radius 3 is 2.48 bits per heavy atom. The van der Waals surface area contributed by atoms with Crippen molar-refractivity contribution in [2.75, 3.05) is 24.7 Å². The summed E-state index contributed by atoms with van der Waals surface area (Å²) in [6.45, 7) is 2.98. The molecule has 0 radical (unpaired) electrons. The van der Waals surface area contributed by atoms with Gasteiger partial charge < -0.3 is 10.2 Å². The number of anilines is 1. The van der Waals surface area contributed by atoms with E-state index in [9.17, 15) is 13.2 Å². The van der Waals surface area contributed by atoms with Gasteiger partial charge in [-0.1, -0.05) is 11.6 Å². The Morgan fingerprint density at radius 2 is 1.95 bits per heavy atom. The molecule has 0 atom stereocenters. The van der Waals surface area contributed by atoms with Crippen LogP contribution in [0.3, 0.4) is 0 Å². The summed E-state index contributed by atoms with van der Waals surface area (Å²) in [5.41, 5.74) is 0.626. The van der Waals surface area contributed by atoms with Gasteiger partial charge in [0.25, 0.3) is 0 Å². The highest BCUT2D eigenvalue weighted by atomic mass is 35.5. The van der Waals surface area contributed by atoms with E-state index in [1.165, 1.54) is 12.3 Å². The summed E-state index contributed by atoms with van der Waals surface area (Å²) in [6.07, 6.45) is 2.81. The first-order chi connectivity index (χ1) is 9.77. The molecule has 1 aromatic carbocycles. The van der Waals surface area contributed by atoms with Gasteiger partial charge >= 0.3 is 0 Å². The van der Waals surface area contributed by atoms with E-state index in [0.717, 1.165) is 12.8 Å². The van der Waals surface area contributed by atoms with Crippen molar-refractivity contribution in [3.63, 3.8) is 0 Å². The van der Waals surface area contributed by atoms with Gasteiger partial charge in [0, 0.05) is 32.3 Å². The number of benzene rings is 1. The molecule has 0 bridgehead atoms. The molecule has 1 amide bonds. The average Bonchev–Trinajstić information content (AvgIpc) is 2.40. The number of halogens is 1. The van der Waals surface area contributed by atoms with Crippen LogP contribution >= 0.6 is 11.6 Å². The van der Waals surface area contributed by atoms with Crippen LogP contribution in [0, 0.1) is 0 Å². The molecule has 0 aromatic heterocycles. The van der Waals surface area contributed by atoms with Crippen LogP contribution in [-0.4, -0.2) is 44.6 Å². The quantitative estimate of drug-likeness (QED) is 0.922. The number of nitrogens with zero attached hydrogens (tertiary/aromatic N) is 1. The Morgan fingerprint density at radius 1 is 1.33 bits per heavy atom. The van der Waals surface area contributed by atoms with Gasteiger partial charge in [-0.05, 0) is 31.0 Å². The molecule has 0 spiro atoms. The van der Waals surface area contributed by atoms with E-state index in [1.807, 2.05) is 4.90 Å². The van der Waals surface area contributed by atoms with Crippen LogP contribution in [0.15, 0.2) is 23.1 Å². The van der Waals surface area contributed by atoms with E-state index >= 15 is 0 Å². The van der Waals surface area contributed by atoms with Crippen LogP contribution in [-0.2, 0) is 14.6 Å². The number of hydrogen-bond donors (Lipinski definition) is 1. The summed E-state index contributed by atoms with van der Waals surface area (Å²) >= 11 is 6.12. The summed E-state index contributed by atoms with van der Waals surface area (Å²) in [4.78, 5) is 13.3. The average molecular weight is 331 g/mol. The number of piperidine rings is 1. The molecule has 1 aromatic rings. The fraction of sp³-hybridized carbons (Fsp3) is 0.500. The van der Waals surface area contributed by atoms with Crippen LogP contribution in [0.25, 0.3) is 0 Å². The number of likely N-dealkylation sites (tertiary alicyclic amines) is 1. The number of carbonyl (C=O) groups is 1. The van der Waals surface area contributed by atoms with Gasteiger partial charge in [-0.2, -0.15) is 0 Å². The molecule has 1 aliphatic rings. The predicted molar refractivity (Wildman–Crippen MR) is 83.5 cm³/mol. The maximum absolute atomic E-state index is 11.6. The molecule has 116 valence electrons. The molecule has 0 unspecified atom stereocenters. The maximum Gasteiger partial charge on any atom is 0.219 e. The lowest BCUT2D eigenvalue weighted by Gasteiger charge is -2.32. The van der Waals surface area contributed by atoms with E-state index in [0.29, 0.717) is 23.8 Å². The smallest absolute Gasteiger partial charge is 0.219 e. The lowest BCUT2D eigenvalue weighted by Crippen LogP contribution is -2.41. The lowest BCUT2D eigenvalue weighted by atomic mass is 10.0. The molecule has 21 heavy (non-hydrogen) atoms. The molecule has 7 heteroatoms. The molecule has 1 N–H and O–H groups in total. The highest BCUT2D eigenvalue weighted by molar-refractivity contribution is 7.90. The van der Waals surface area contributed by atoms with Gasteiger partial charge in [0.1, 0.15) is 0 Å². The van der Waals surface area contributed by atoms with Crippen LogP contribution < -0.4 is 5.32 Å². The van der Waals surface area contributed by atoms with Gasteiger partial charge in [0.05, 0.1) is 15.6 Å². The fourth-order valence-electron chi connectivity index (χ4n) is 2.40. The number of carbonyl (C=O) groups excluding carboxylic acids is 1. The number of amides is 1. The van der Waals surface area contributed by atoms with Crippen molar-refractivity contribution in [1.82, 2.24) is 4.90 Å². The Kier molecular flexibility index (Phi) is 4.78. The highest BCUT2D eigenvalue weighted by Gasteiger charge is 2.21. The summed E-state index contributed by atoms with van der Waals surface area (Å²) in [5, 5.41) is 3.78. The molecule has 1 fully saturated rings. The Hall–Kier alpha value is -1.27. The standard InChI is InChI=1S/C14H19ClN2O3S/c1-10(18)17-7-5-11(6-8-17)16-14-9-12(21(2,19)20)3-4-13(14)15/h3-4,9,11,16H,5-8H2,1-2H3. The number of hydrogen-bond acceptors (Lipinski definition) is 4. The fourth-order valence-corrected chi connectivity index (χ4v) is 3.22. The largest absolute Gasteiger partial charge is 0.381 e. The molecule has 0 saturated carbocycles. The molecule has 1 aliphatic heterocycles. The maximum atomic E-state index is 11.6. The van der Waals surface area contributed by atoms with E-state index in [-0.39, 0.29) is 16.8 Å². The molecule has 5 nitrogen and oxygen atoms in total. The molecule has 0 aliphatic carbocycles. The third-order valence-corrected chi connectivity index (χ3v) is 5.11. The summed E-state index contributed by atoms with van der Waals surface area (Å²) < 4.78 is 23.2. The van der Waals surface area contributed by atoms with Crippen molar-refractivity contribution in [3.05, 3.63) is 23.2 Å². The normalized spacial score (nSPS) is 16.8. The van der Waals surface area contributed by atoms with Crippen molar-refractivity contribution in [3.8, 4) is 0 Å². The minimum absolute atomic E-state index is 0.0885. The predicted octanol–water partition coefficient (Wildman–Crippen LogP) is 2.17. The van der Waals surface area contributed by atoms with Crippen molar-refractivity contribution in [2.24, 2.45) is 0 Å². The SMILES string of the molecule is CC(=O)N1CCC(Nc2cc(S(C)(=O)=O)ccc2Cl)CC1. The summed E-state index contributed by atoms with van der Waals surface area (Å²) in [7, 11) is -3.25. The third-order valence-electron chi connectivity index (χ3n) is 3.67. The van der Waals surface area contributed by atoms with Gasteiger partial charge in [-0.25, -0.2) is 8.42 Å². The second-order valence-corrected chi connectivity index (χ2v) is 7.76. The first kappa shape index (κ1) is 16.1. The summed E-state index contributed by atoms with van der Waals surface area (Å²) in [6, 6.07) is 4.84. The third kappa shape index (κ3) is 4.11. The van der Waals surface area contributed by atoms with Crippen molar-refractivity contribution in [1.29, 1.82) is 0 Å². The van der Waals surface area contributed by atoms with E-state index in [1.54, 1.807) is 19.1 Å². The second kappa shape index (κ2) is 6.23. The zero-order valence-electron chi connectivity index (χ0n) is 12.1. The zero-order chi connectivity index (χ0) is 15.6. The first-order valence-corrected chi connectivity index (χ1v) is 9.06. The van der Waals surface area contributed by atoms with Gasteiger partial charge in [0.15, 0.2) is 9.84 Å². The molecular weight excluding hydrogens is 312 g/mol. The minimum Gasteiger partial charge on any atom is -0.381 e. The number of rotatable bonds is 3. The molecule has 2 rings (SSSR count). The van der Waals surface area contributed by atoms with E-state index in [4.69, 9.17) is 11.6 Å². The van der Waals surface area contributed by atoms with Crippen molar-refractivity contribution < 1.29 is 13.2 Å². The highest BCUT2D eigenvalue weighted by Crippen LogP contribution is 2.27. The van der Waals surface area contributed by atoms with Gasteiger partial charge in [0.2, 0.25) is 5.91 Å². The topological polar surface area (TPSA) is 66.5 Å². The Bertz CT molecular complexity index is 638. The van der Waals surface area contributed by atoms with Crippen LogP contribution in [0.5, 0.6) is 0 Å². The molecule has 1 saturated heterocycles. The Balaban J connectivity index is 2.09. The monoisotopic (exact) mass is 330 g/mol. The second-order valence-electron chi connectivity index (χ2n) is 5.34. The van der Waals surface area contributed by atoms with Crippen molar-refractivity contribution in [2.45, 2.75) is 30.7 Å². The van der Waals surface area contributed by atoms with E-state index < -0.39 is 9.84 Å². The first-order valence-electron chi connectivity index (χ1n) is 6.79. The summed E-state index contributed by atoms with van der Waals surface area (Å²) in [5.74, 6) is 0.0885. The van der Waals surface area contributed by atoms with Gasteiger partial charge in [-0.3, -0.25) is 4.79 Å². The lowest BCUT2D eigenvalue weighted by molar-refractivity contribution is -0.129. The molecule has 1 heterocycles. The molecular formula is C14H19ClN2O3S. The number of nitrogens with one attached hydrogen (secondary N) is 1. The van der Waals surface area contributed by atoms with Crippen LogP contribution in [0.4, 0.5) is 5.69 Å². The van der Waals surface area contributed by atoms with Crippen LogP contribution in [0.1, 0.15) is 19.8 Å². The zero-order valence-corrected chi connectivity index (χ0v) is 13.7. The minimum atomic E-state index is -3.25. The van der Waals surface area contributed by atoms with Crippen LogP contribution in [0.2, 0.25) is 5.02 Å². The number of sulfone groups is 1. The van der Waals surface area contributed by atoms with E-state index in [2.05, 4.69) is 5.32 Å². The van der Waals surface area contributed by atoms with Gasteiger partial charge in [-0.15, -0.1) is 0 Å². The Labute approximate surface area is 130 Å². The van der Waals surface area contributed by atoms with Crippen molar-refractivity contribution >= 4 is 33.0 Å².